The highest BCUT2D eigenvalue weighted by Gasteiger charge is 2.28. The van der Waals surface area contributed by atoms with Gasteiger partial charge in [0.2, 0.25) is 0 Å². The van der Waals surface area contributed by atoms with E-state index in [9.17, 15) is 15.0 Å². The molecule has 3 aromatic carbocycles. The number of aryl methyl sites for hydroxylation is 1. The zero-order chi connectivity index (χ0) is 36.4. The molecule has 0 bridgehead atoms. The average Bonchev–Trinajstić information content (AvgIpc) is 3.78. The van der Waals surface area contributed by atoms with Gasteiger partial charge in [0.1, 0.15) is 11.3 Å². The predicted octanol–water partition coefficient (Wildman–Crippen LogP) is 7.62. The van der Waals surface area contributed by atoms with E-state index in [-0.39, 0.29) is 12.0 Å². The molecule has 9 heteroatoms. The van der Waals surface area contributed by atoms with Crippen LogP contribution in [0.25, 0.3) is 34.2 Å². The third kappa shape index (κ3) is 7.58. The number of carboxylic acids is 1. The summed E-state index contributed by atoms with van der Waals surface area (Å²) in [6.45, 7) is 10.8. The van der Waals surface area contributed by atoms with Crippen molar-refractivity contribution in [3.63, 3.8) is 0 Å². The van der Waals surface area contributed by atoms with Gasteiger partial charge in [-0.3, -0.25) is 19.6 Å². The van der Waals surface area contributed by atoms with E-state index >= 15 is 0 Å². The van der Waals surface area contributed by atoms with E-state index in [1.54, 1.807) is 7.11 Å². The molecular weight excluding hydrogens is 651 g/mol. The molecule has 2 aliphatic rings. The van der Waals surface area contributed by atoms with E-state index in [2.05, 4.69) is 108 Å². The Kier molecular flexibility index (Phi) is 10.4. The van der Waals surface area contributed by atoms with Gasteiger partial charge in [-0.05, 0) is 109 Å². The number of hydrogen-bond donors (Lipinski definition) is 3. The fourth-order valence-electron chi connectivity index (χ4n) is 7.67. The number of aliphatic carboxylic acids is 1. The van der Waals surface area contributed by atoms with Crippen LogP contribution in [0.2, 0.25) is 0 Å². The van der Waals surface area contributed by atoms with Gasteiger partial charge in [0.25, 0.3) is 0 Å². The summed E-state index contributed by atoms with van der Waals surface area (Å²) in [7, 11) is 1.69. The van der Waals surface area contributed by atoms with E-state index in [0.29, 0.717) is 26.1 Å². The summed E-state index contributed by atoms with van der Waals surface area (Å²) >= 11 is 0. The summed E-state index contributed by atoms with van der Waals surface area (Å²) in [4.78, 5) is 25.4. The lowest BCUT2D eigenvalue weighted by molar-refractivity contribution is -0.141. The van der Waals surface area contributed by atoms with Crippen molar-refractivity contribution in [3.8, 4) is 16.9 Å². The van der Waals surface area contributed by atoms with Crippen molar-refractivity contribution in [2.75, 3.05) is 38.6 Å². The predicted molar refractivity (Wildman–Crippen MR) is 208 cm³/mol. The summed E-state index contributed by atoms with van der Waals surface area (Å²) in [6.07, 6.45) is 9.32. The zero-order valence-corrected chi connectivity index (χ0v) is 30.4. The highest BCUT2D eigenvalue weighted by Crippen LogP contribution is 2.35. The maximum atomic E-state index is 11.5. The number of nitrogens with zero attached hydrogens (tertiary/aromatic N) is 4. The first-order valence-corrected chi connectivity index (χ1v) is 18.1. The topological polar surface area (TPSA) is 111 Å². The highest BCUT2D eigenvalue weighted by atomic mass is 16.5. The number of aromatic nitrogens is 2. The third-order valence-electron chi connectivity index (χ3n) is 10.7. The number of rotatable bonds is 11. The van der Waals surface area contributed by atoms with Crippen LogP contribution in [0.15, 0.2) is 73.1 Å². The van der Waals surface area contributed by atoms with Crippen LogP contribution in [0.1, 0.15) is 51.8 Å². The monoisotopic (exact) mass is 697 g/mol. The van der Waals surface area contributed by atoms with E-state index in [0.717, 1.165) is 93.2 Å². The van der Waals surface area contributed by atoms with Crippen molar-refractivity contribution in [1.29, 1.82) is 0 Å². The number of methoxy groups -OCH3 is 1. The van der Waals surface area contributed by atoms with E-state index < -0.39 is 5.97 Å². The molecule has 0 saturated carbocycles. The number of carboxylic acid groups (broad SMARTS) is 1. The third-order valence-corrected chi connectivity index (χ3v) is 10.7. The molecule has 2 atom stereocenters. The number of β-amino-alcohol motifs (C(OH)–C–C–N with tert-alkyl or cyclic N) is 1. The lowest BCUT2D eigenvalue weighted by Crippen LogP contribution is -2.23. The van der Waals surface area contributed by atoms with Crippen LogP contribution in [-0.4, -0.2) is 75.3 Å². The molecule has 0 amide bonds. The molecule has 2 aromatic heterocycles. The summed E-state index contributed by atoms with van der Waals surface area (Å²) in [5.74, 6) is 0.516. The molecule has 0 radical (unpaired) electrons. The van der Waals surface area contributed by atoms with Crippen LogP contribution in [-0.2, 0) is 17.9 Å². The van der Waals surface area contributed by atoms with Gasteiger partial charge < -0.3 is 20.3 Å². The molecule has 2 saturated heterocycles. The number of ether oxygens (including phenoxy) is 1. The van der Waals surface area contributed by atoms with Crippen LogP contribution >= 0.6 is 0 Å². The molecule has 4 heterocycles. The molecule has 3 N–H and O–H groups in total. The van der Waals surface area contributed by atoms with Crippen molar-refractivity contribution in [2.24, 2.45) is 5.92 Å². The second-order valence-electron chi connectivity index (χ2n) is 14.3. The van der Waals surface area contributed by atoms with Crippen molar-refractivity contribution in [1.82, 2.24) is 19.8 Å². The molecule has 268 valence electrons. The molecular formula is C43H47N5O4. The summed E-state index contributed by atoms with van der Waals surface area (Å²) in [5.41, 5.74) is 12.0. The van der Waals surface area contributed by atoms with Gasteiger partial charge in [0.15, 0.2) is 5.82 Å². The van der Waals surface area contributed by atoms with Crippen LogP contribution in [0, 0.1) is 26.7 Å². The molecule has 5 aromatic rings. The summed E-state index contributed by atoms with van der Waals surface area (Å²) in [5, 5.41) is 24.0. The fraction of sp³-hybridized carbons (Fsp3) is 0.326. The first kappa shape index (κ1) is 35.3. The second-order valence-corrected chi connectivity index (χ2v) is 14.3. The molecule has 2 fully saturated rings. The molecule has 0 spiro atoms. The quantitative estimate of drug-likeness (QED) is 0.120. The number of aliphatic hydroxyl groups is 1. The number of carbonyl (C=O) groups is 1. The fourth-order valence-corrected chi connectivity index (χ4v) is 7.67. The Balaban J connectivity index is 1.10. The van der Waals surface area contributed by atoms with Gasteiger partial charge in [-0.15, -0.1) is 0 Å². The van der Waals surface area contributed by atoms with Crippen LogP contribution < -0.4 is 10.1 Å². The molecule has 9 nitrogen and oxygen atoms in total. The largest absolute Gasteiger partial charge is 0.496 e. The van der Waals surface area contributed by atoms with Gasteiger partial charge in [-0.1, -0.05) is 48.6 Å². The number of hydrogen-bond acceptors (Lipinski definition) is 8. The highest BCUT2D eigenvalue weighted by molar-refractivity contribution is 5.91. The normalized spacial score (nSPS) is 18.1. The average molecular weight is 698 g/mol. The van der Waals surface area contributed by atoms with Crippen molar-refractivity contribution < 1.29 is 19.7 Å². The Morgan fingerprint density at radius 3 is 2.40 bits per heavy atom. The van der Waals surface area contributed by atoms with Gasteiger partial charge in [-0.25, -0.2) is 4.98 Å². The molecule has 7 rings (SSSR count). The minimum absolute atomic E-state index is 0.239. The molecule has 0 unspecified atom stereocenters. The molecule has 2 aliphatic heterocycles. The lowest BCUT2D eigenvalue weighted by Gasteiger charge is -2.19. The maximum absolute atomic E-state index is 11.5. The SMILES string of the molecule is COc1cc(/C=C/c2cccc(-c3cccc(Nc4nccc5cc(CN6CC[C@@H](O)C6)cnc45)c3C)c2C)c(C)cc1CN1CC[C@@H](C(=O)O)C1. The molecule has 0 aliphatic carbocycles. The number of anilines is 2. The van der Waals surface area contributed by atoms with Crippen LogP contribution in [0.4, 0.5) is 11.5 Å². The Morgan fingerprint density at radius 1 is 0.904 bits per heavy atom. The summed E-state index contributed by atoms with van der Waals surface area (Å²) < 4.78 is 5.80. The number of aliphatic hydroxyl groups excluding tert-OH is 1. The van der Waals surface area contributed by atoms with Gasteiger partial charge >= 0.3 is 5.97 Å². The summed E-state index contributed by atoms with van der Waals surface area (Å²) in [6, 6.07) is 21.2. The number of fused-ring (bicyclic) bond motifs is 1. The number of benzene rings is 3. The maximum Gasteiger partial charge on any atom is 0.307 e. The Morgan fingerprint density at radius 2 is 1.65 bits per heavy atom. The smallest absolute Gasteiger partial charge is 0.307 e. The zero-order valence-electron chi connectivity index (χ0n) is 30.4. The number of likely N-dealkylation sites (tertiary alicyclic amines) is 2. The standard InChI is InChI=1S/C43H47N5O4/c1-27-19-35(25-48-17-14-34(24-48)43(50)51)40(52-4)21-32(27)12-11-31-7-5-8-37(28(31)2)38-9-6-10-39(29(38)3)46-42-41-33(13-16-44-42)20-30(22-45-41)23-47-18-15-36(49)26-47/h5-13,16,19-22,34,36,49H,14-15,17-18,23-26H2,1-4H3,(H,44,46)(H,50,51)/b12-11+/t34-,36-/m1/s1. The van der Waals surface area contributed by atoms with Crippen LogP contribution in [0.5, 0.6) is 5.75 Å². The minimum atomic E-state index is -0.716. The van der Waals surface area contributed by atoms with Crippen LogP contribution in [0.3, 0.4) is 0 Å². The minimum Gasteiger partial charge on any atom is -0.496 e. The van der Waals surface area contributed by atoms with Crippen molar-refractivity contribution in [3.05, 3.63) is 112 Å². The van der Waals surface area contributed by atoms with Gasteiger partial charge in [-0.2, -0.15) is 0 Å². The van der Waals surface area contributed by atoms with Gasteiger partial charge in [0, 0.05) is 61.8 Å². The lowest BCUT2D eigenvalue weighted by atomic mass is 9.92. The van der Waals surface area contributed by atoms with Crippen molar-refractivity contribution >= 4 is 40.5 Å². The first-order valence-electron chi connectivity index (χ1n) is 18.1. The van der Waals surface area contributed by atoms with E-state index in [4.69, 9.17) is 9.72 Å². The first-order chi connectivity index (χ1) is 25.2. The van der Waals surface area contributed by atoms with Crippen molar-refractivity contribution in [2.45, 2.75) is 52.8 Å². The van der Waals surface area contributed by atoms with Gasteiger partial charge in [0.05, 0.1) is 19.1 Å². The van der Waals surface area contributed by atoms with E-state index in [1.165, 1.54) is 11.1 Å². The number of pyridine rings is 2. The van der Waals surface area contributed by atoms with E-state index in [1.807, 2.05) is 18.5 Å². The Labute approximate surface area is 305 Å². The number of nitrogens with one attached hydrogen (secondary N) is 1. The Bertz CT molecular complexity index is 2150. The second kappa shape index (κ2) is 15.3. The Hall–Kier alpha value is -5.09. The molecule has 52 heavy (non-hydrogen) atoms.